The highest BCUT2D eigenvalue weighted by atomic mass is 127. The standard InChI is InChI=1S/C14H32N4O.HI/c1-7-15-13(17-14(2,3)4)16-9-8-10-18(5)11-12-19-6;/h7-12H2,1-6H3,(H2,15,16,17);1H. The Morgan fingerprint density at radius 3 is 2.40 bits per heavy atom. The molecule has 0 aromatic heterocycles. The molecule has 122 valence electrons. The van der Waals surface area contributed by atoms with Gasteiger partial charge in [-0.3, -0.25) is 4.99 Å². The van der Waals surface area contributed by atoms with Crippen molar-refractivity contribution in [2.75, 3.05) is 46.9 Å². The van der Waals surface area contributed by atoms with E-state index in [1.54, 1.807) is 7.11 Å². The number of nitrogens with one attached hydrogen (secondary N) is 2. The van der Waals surface area contributed by atoms with Crippen molar-refractivity contribution in [1.29, 1.82) is 0 Å². The van der Waals surface area contributed by atoms with E-state index in [1.807, 2.05) is 0 Å². The predicted molar refractivity (Wildman–Crippen MR) is 98.3 cm³/mol. The van der Waals surface area contributed by atoms with Gasteiger partial charge < -0.3 is 20.3 Å². The van der Waals surface area contributed by atoms with Crippen molar-refractivity contribution < 1.29 is 4.74 Å². The van der Waals surface area contributed by atoms with E-state index < -0.39 is 0 Å². The van der Waals surface area contributed by atoms with Gasteiger partial charge in [0, 0.05) is 32.3 Å². The van der Waals surface area contributed by atoms with Crippen LogP contribution in [-0.2, 0) is 4.74 Å². The molecule has 0 aromatic rings. The van der Waals surface area contributed by atoms with E-state index >= 15 is 0 Å². The predicted octanol–water partition coefficient (Wildman–Crippen LogP) is 1.93. The maximum absolute atomic E-state index is 5.05. The molecule has 0 amide bonds. The fourth-order valence-corrected chi connectivity index (χ4v) is 1.55. The molecular weight excluding hydrogens is 367 g/mol. The zero-order valence-corrected chi connectivity index (χ0v) is 16.3. The van der Waals surface area contributed by atoms with Gasteiger partial charge in [0.1, 0.15) is 0 Å². The van der Waals surface area contributed by atoms with E-state index in [1.165, 1.54) is 0 Å². The lowest BCUT2D eigenvalue weighted by Crippen LogP contribution is -2.47. The fraction of sp³-hybridized carbons (Fsp3) is 0.929. The van der Waals surface area contributed by atoms with Crippen molar-refractivity contribution in [2.45, 2.75) is 39.7 Å². The molecule has 0 radical (unpaired) electrons. The summed E-state index contributed by atoms with van der Waals surface area (Å²) >= 11 is 0. The maximum Gasteiger partial charge on any atom is 0.191 e. The van der Waals surface area contributed by atoms with Gasteiger partial charge in [-0.25, -0.2) is 0 Å². The first-order valence-electron chi connectivity index (χ1n) is 7.13. The van der Waals surface area contributed by atoms with E-state index in [-0.39, 0.29) is 29.5 Å². The zero-order valence-electron chi connectivity index (χ0n) is 14.0. The highest BCUT2D eigenvalue weighted by molar-refractivity contribution is 14.0. The number of halogens is 1. The largest absolute Gasteiger partial charge is 0.383 e. The van der Waals surface area contributed by atoms with Gasteiger partial charge in [0.2, 0.25) is 0 Å². The van der Waals surface area contributed by atoms with Gasteiger partial charge in [-0.15, -0.1) is 24.0 Å². The van der Waals surface area contributed by atoms with Crippen molar-refractivity contribution >= 4 is 29.9 Å². The first-order valence-corrected chi connectivity index (χ1v) is 7.13. The number of rotatable bonds is 8. The minimum atomic E-state index is 0. The van der Waals surface area contributed by atoms with Crippen LogP contribution in [0.15, 0.2) is 4.99 Å². The smallest absolute Gasteiger partial charge is 0.191 e. The first-order chi connectivity index (χ1) is 8.89. The second-order valence-corrected chi connectivity index (χ2v) is 5.79. The van der Waals surface area contributed by atoms with Gasteiger partial charge in [0.25, 0.3) is 0 Å². The van der Waals surface area contributed by atoms with Crippen LogP contribution in [0.5, 0.6) is 0 Å². The lowest BCUT2D eigenvalue weighted by molar-refractivity contribution is 0.161. The molecule has 5 nitrogen and oxygen atoms in total. The van der Waals surface area contributed by atoms with E-state index in [2.05, 4.69) is 55.3 Å². The molecule has 0 spiro atoms. The molecular formula is C14H33IN4O. The fourth-order valence-electron chi connectivity index (χ4n) is 1.55. The van der Waals surface area contributed by atoms with Gasteiger partial charge in [-0.1, -0.05) is 0 Å². The van der Waals surface area contributed by atoms with Gasteiger partial charge in [0.15, 0.2) is 5.96 Å². The van der Waals surface area contributed by atoms with Crippen molar-refractivity contribution in [3.8, 4) is 0 Å². The molecule has 0 fully saturated rings. The Hall–Kier alpha value is -0.0800. The maximum atomic E-state index is 5.05. The quantitative estimate of drug-likeness (QED) is 0.283. The number of hydrogen-bond acceptors (Lipinski definition) is 3. The first kappa shape index (κ1) is 22.2. The monoisotopic (exact) mass is 400 g/mol. The number of likely N-dealkylation sites (N-methyl/N-ethyl adjacent to an activating group) is 1. The van der Waals surface area contributed by atoms with Crippen molar-refractivity contribution in [1.82, 2.24) is 15.5 Å². The van der Waals surface area contributed by atoms with Crippen LogP contribution in [0.4, 0.5) is 0 Å². The molecule has 0 aromatic carbocycles. The Morgan fingerprint density at radius 2 is 1.90 bits per heavy atom. The van der Waals surface area contributed by atoms with Gasteiger partial charge in [0.05, 0.1) is 6.61 Å². The van der Waals surface area contributed by atoms with Crippen LogP contribution in [-0.4, -0.2) is 63.3 Å². The minimum Gasteiger partial charge on any atom is -0.383 e. The lowest BCUT2D eigenvalue weighted by Gasteiger charge is -2.23. The minimum absolute atomic E-state index is 0. The Morgan fingerprint density at radius 1 is 1.25 bits per heavy atom. The molecule has 0 atom stereocenters. The van der Waals surface area contributed by atoms with Crippen LogP contribution < -0.4 is 10.6 Å². The molecule has 0 bridgehead atoms. The zero-order chi connectivity index (χ0) is 14.7. The SMILES string of the molecule is CCNC(=NCCCN(C)CCOC)NC(C)(C)C.I. The van der Waals surface area contributed by atoms with Crippen LogP contribution >= 0.6 is 24.0 Å². The summed E-state index contributed by atoms with van der Waals surface area (Å²) in [5, 5.41) is 6.65. The molecule has 0 saturated carbocycles. The summed E-state index contributed by atoms with van der Waals surface area (Å²) in [5.74, 6) is 0.898. The second kappa shape index (κ2) is 12.6. The molecule has 0 rings (SSSR count). The number of guanidine groups is 1. The molecule has 0 aliphatic carbocycles. The summed E-state index contributed by atoms with van der Waals surface area (Å²) in [4.78, 5) is 6.85. The highest BCUT2D eigenvalue weighted by Crippen LogP contribution is 1.98. The van der Waals surface area contributed by atoms with Crippen LogP contribution in [0.2, 0.25) is 0 Å². The molecule has 0 heterocycles. The molecule has 0 unspecified atom stereocenters. The van der Waals surface area contributed by atoms with Crippen LogP contribution in [0.25, 0.3) is 0 Å². The van der Waals surface area contributed by atoms with E-state index in [9.17, 15) is 0 Å². The number of ether oxygens (including phenoxy) is 1. The highest BCUT2D eigenvalue weighted by Gasteiger charge is 2.11. The Bertz CT molecular complexity index is 254. The Labute approximate surface area is 141 Å². The van der Waals surface area contributed by atoms with Crippen molar-refractivity contribution in [2.24, 2.45) is 4.99 Å². The Kier molecular flexibility index (Phi) is 14.0. The van der Waals surface area contributed by atoms with Crippen LogP contribution in [0, 0.1) is 0 Å². The third kappa shape index (κ3) is 14.3. The molecule has 0 aliphatic rings. The number of hydrogen-bond donors (Lipinski definition) is 2. The third-order valence-corrected chi connectivity index (χ3v) is 2.48. The summed E-state index contributed by atoms with van der Waals surface area (Å²) < 4.78 is 5.05. The number of methoxy groups -OCH3 is 1. The molecule has 6 heteroatoms. The van der Waals surface area contributed by atoms with E-state index in [0.717, 1.165) is 45.2 Å². The summed E-state index contributed by atoms with van der Waals surface area (Å²) in [6, 6.07) is 0. The van der Waals surface area contributed by atoms with Gasteiger partial charge >= 0.3 is 0 Å². The summed E-state index contributed by atoms with van der Waals surface area (Å²) in [6.45, 7) is 13.0. The molecule has 20 heavy (non-hydrogen) atoms. The average Bonchev–Trinajstić information content (AvgIpc) is 2.30. The molecule has 0 aliphatic heterocycles. The van der Waals surface area contributed by atoms with Gasteiger partial charge in [-0.2, -0.15) is 0 Å². The molecule has 2 N–H and O–H groups in total. The normalized spacial score (nSPS) is 12.2. The lowest BCUT2D eigenvalue weighted by atomic mass is 10.1. The second-order valence-electron chi connectivity index (χ2n) is 5.79. The Balaban J connectivity index is 0. The van der Waals surface area contributed by atoms with Crippen molar-refractivity contribution in [3.05, 3.63) is 0 Å². The van der Waals surface area contributed by atoms with Crippen LogP contribution in [0.1, 0.15) is 34.1 Å². The number of nitrogens with zero attached hydrogens (tertiary/aromatic N) is 2. The summed E-state index contributed by atoms with van der Waals surface area (Å²) in [7, 11) is 3.85. The van der Waals surface area contributed by atoms with Crippen LogP contribution in [0.3, 0.4) is 0 Å². The molecule has 0 saturated heterocycles. The van der Waals surface area contributed by atoms with E-state index in [0.29, 0.717) is 0 Å². The summed E-state index contributed by atoms with van der Waals surface area (Å²) in [6.07, 6.45) is 1.06. The van der Waals surface area contributed by atoms with Gasteiger partial charge in [-0.05, 0) is 47.7 Å². The summed E-state index contributed by atoms with van der Waals surface area (Å²) in [5.41, 5.74) is 0.0380. The third-order valence-electron chi connectivity index (χ3n) is 2.48. The number of aliphatic imine (C=N–C) groups is 1. The van der Waals surface area contributed by atoms with E-state index in [4.69, 9.17) is 4.74 Å². The average molecular weight is 400 g/mol. The topological polar surface area (TPSA) is 48.9 Å². The van der Waals surface area contributed by atoms with Crippen molar-refractivity contribution in [3.63, 3.8) is 0 Å².